The number of hydrogen-bond acceptors (Lipinski definition) is 4. The van der Waals surface area contributed by atoms with E-state index in [-0.39, 0.29) is 17.7 Å². The third kappa shape index (κ3) is 5.54. The van der Waals surface area contributed by atoms with Crippen LogP contribution in [-0.4, -0.2) is 74.1 Å². The summed E-state index contributed by atoms with van der Waals surface area (Å²) in [5, 5.41) is 2.99. The van der Waals surface area contributed by atoms with E-state index in [2.05, 4.69) is 22.3 Å². The highest BCUT2D eigenvalue weighted by atomic mass is 16.5. The highest BCUT2D eigenvalue weighted by Gasteiger charge is 2.33. The average Bonchev–Trinajstić information content (AvgIpc) is 3.04. The van der Waals surface area contributed by atoms with Crippen LogP contribution in [0.25, 0.3) is 0 Å². The van der Waals surface area contributed by atoms with Gasteiger partial charge in [0, 0.05) is 45.7 Å². The summed E-state index contributed by atoms with van der Waals surface area (Å²) in [6.07, 6.45) is 2.23. The Morgan fingerprint density at radius 1 is 1.15 bits per heavy atom. The first-order chi connectivity index (χ1) is 12.7. The summed E-state index contributed by atoms with van der Waals surface area (Å²) in [7, 11) is 0. The maximum absolute atomic E-state index is 12.3. The van der Waals surface area contributed by atoms with Gasteiger partial charge in [0.25, 0.3) is 0 Å². The van der Waals surface area contributed by atoms with E-state index >= 15 is 0 Å². The van der Waals surface area contributed by atoms with Crippen molar-refractivity contribution in [2.24, 2.45) is 5.92 Å². The molecule has 1 N–H and O–H groups in total. The lowest BCUT2D eigenvalue weighted by molar-refractivity contribution is -0.129. The van der Waals surface area contributed by atoms with Gasteiger partial charge in [0.2, 0.25) is 11.8 Å². The van der Waals surface area contributed by atoms with Gasteiger partial charge in [-0.25, -0.2) is 0 Å². The molecule has 0 radical (unpaired) electrons. The standard InChI is InChI=1S/C20H29N3O3/c24-19-15-18(20(25)21-8-10-22-11-13-26-14-12-22)16-23(19)9-4-7-17-5-2-1-3-6-17/h1-3,5-6,18H,4,7-16H2,(H,21,25). The van der Waals surface area contributed by atoms with Crippen LogP contribution < -0.4 is 5.32 Å². The number of benzene rings is 1. The van der Waals surface area contributed by atoms with Gasteiger partial charge >= 0.3 is 0 Å². The third-order valence-electron chi connectivity index (χ3n) is 5.15. The Morgan fingerprint density at radius 2 is 1.92 bits per heavy atom. The Bertz CT molecular complexity index is 587. The summed E-state index contributed by atoms with van der Waals surface area (Å²) in [5.41, 5.74) is 1.29. The second kappa shape index (κ2) is 9.69. The van der Waals surface area contributed by atoms with Gasteiger partial charge in [-0.3, -0.25) is 14.5 Å². The van der Waals surface area contributed by atoms with Gasteiger partial charge in [0.05, 0.1) is 19.1 Å². The SMILES string of the molecule is O=C(NCCN1CCOCC1)C1CC(=O)N(CCCc2ccccc2)C1. The summed E-state index contributed by atoms with van der Waals surface area (Å²) < 4.78 is 5.32. The van der Waals surface area contributed by atoms with Crippen LogP contribution in [0.1, 0.15) is 18.4 Å². The first-order valence-electron chi connectivity index (χ1n) is 9.62. The highest BCUT2D eigenvalue weighted by molar-refractivity contribution is 5.89. The zero-order valence-electron chi connectivity index (χ0n) is 15.4. The van der Waals surface area contributed by atoms with E-state index in [0.717, 1.165) is 52.2 Å². The predicted octanol–water partition coefficient (Wildman–Crippen LogP) is 0.916. The quantitative estimate of drug-likeness (QED) is 0.750. The molecule has 1 aromatic carbocycles. The minimum atomic E-state index is -0.205. The molecule has 2 saturated heterocycles. The fourth-order valence-corrected chi connectivity index (χ4v) is 3.59. The number of nitrogens with zero attached hydrogens (tertiary/aromatic N) is 2. The number of carbonyl (C=O) groups excluding carboxylic acids is 2. The molecule has 2 heterocycles. The van der Waals surface area contributed by atoms with Gasteiger partial charge in [0.1, 0.15) is 0 Å². The molecule has 0 aromatic heterocycles. The second-order valence-electron chi connectivity index (χ2n) is 7.07. The Morgan fingerprint density at radius 3 is 2.69 bits per heavy atom. The van der Waals surface area contributed by atoms with Crippen molar-refractivity contribution in [2.45, 2.75) is 19.3 Å². The van der Waals surface area contributed by atoms with Crippen LogP contribution in [0.15, 0.2) is 30.3 Å². The molecule has 2 aliphatic rings. The Labute approximate surface area is 155 Å². The fraction of sp³-hybridized carbons (Fsp3) is 0.600. The van der Waals surface area contributed by atoms with Crippen LogP contribution in [0.4, 0.5) is 0 Å². The minimum Gasteiger partial charge on any atom is -0.379 e. The van der Waals surface area contributed by atoms with E-state index in [1.54, 1.807) is 0 Å². The Balaban J connectivity index is 1.34. The van der Waals surface area contributed by atoms with Crippen LogP contribution in [0, 0.1) is 5.92 Å². The summed E-state index contributed by atoms with van der Waals surface area (Å²) in [6.45, 7) is 6.14. The summed E-state index contributed by atoms with van der Waals surface area (Å²) in [6, 6.07) is 10.3. The molecule has 142 valence electrons. The van der Waals surface area contributed by atoms with E-state index in [9.17, 15) is 9.59 Å². The maximum atomic E-state index is 12.3. The Kier molecular flexibility index (Phi) is 7.03. The summed E-state index contributed by atoms with van der Waals surface area (Å²) in [5.74, 6) is -0.0903. The maximum Gasteiger partial charge on any atom is 0.225 e. The van der Waals surface area contributed by atoms with E-state index in [1.807, 2.05) is 23.1 Å². The van der Waals surface area contributed by atoms with Gasteiger partial charge in [-0.15, -0.1) is 0 Å². The van der Waals surface area contributed by atoms with Crippen molar-refractivity contribution in [1.29, 1.82) is 0 Å². The molecule has 3 rings (SSSR count). The van der Waals surface area contributed by atoms with E-state index in [4.69, 9.17) is 4.74 Å². The zero-order valence-corrected chi connectivity index (χ0v) is 15.4. The lowest BCUT2D eigenvalue weighted by Crippen LogP contribution is -2.42. The molecule has 0 bridgehead atoms. The number of ether oxygens (including phenoxy) is 1. The molecule has 1 aromatic rings. The van der Waals surface area contributed by atoms with Gasteiger partial charge in [0.15, 0.2) is 0 Å². The first-order valence-corrected chi connectivity index (χ1v) is 9.62. The third-order valence-corrected chi connectivity index (χ3v) is 5.15. The largest absolute Gasteiger partial charge is 0.379 e. The van der Waals surface area contributed by atoms with Crippen LogP contribution in [0.5, 0.6) is 0 Å². The number of likely N-dealkylation sites (tertiary alicyclic amines) is 1. The number of amides is 2. The number of morpholine rings is 1. The van der Waals surface area contributed by atoms with Gasteiger partial charge in [-0.1, -0.05) is 30.3 Å². The normalized spacial score (nSPS) is 21.2. The molecule has 26 heavy (non-hydrogen) atoms. The molecule has 2 fully saturated rings. The van der Waals surface area contributed by atoms with Crippen molar-refractivity contribution in [3.63, 3.8) is 0 Å². The molecule has 1 atom stereocenters. The molecule has 0 spiro atoms. The number of rotatable bonds is 8. The van der Waals surface area contributed by atoms with Crippen LogP contribution in [0.2, 0.25) is 0 Å². The molecule has 1 unspecified atom stereocenters. The molecule has 2 amide bonds. The summed E-state index contributed by atoms with van der Waals surface area (Å²) >= 11 is 0. The van der Waals surface area contributed by atoms with E-state index < -0.39 is 0 Å². The van der Waals surface area contributed by atoms with Crippen molar-refractivity contribution < 1.29 is 14.3 Å². The topological polar surface area (TPSA) is 61.9 Å². The lowest BCUT2D eigenvalue weighted by Gasteiger charge is -2.26. The minimum absolute atomic E-state index is 0.0113. The number of hydrogen-bond donors (Lipinski definition) is 1. The number of aryl methyl sites for hydroxylation is 1. The molecular formula is C20H29N3O3. The monoisotopic (exact) mass is 359 g/mol. The molecular weight excluding hydrogens is 330 g/mol. The molecule has 0 aliphatic carbocycles. The number of carbonyl (C=O) groups is 2. The van der Waals surface area contributed by atoms with Gasteiger partial charge in [-0.2, -0.15) is 0 Å². The van der Waals surface area contributed by atoms with Crippen molar-refractivity contribution in [3.05, 3.63) is 35.9 Å². The van der Waals surface area contributed by atoms with E-state index in [0.29, 0.717) is 19.5 Å². The van der Waals surface area contributed by atoms with Crippen LogP contribution >= 0.6 is 0 Å². The number of nitrogens with one attached hydrogen (secondary N) is 1. The molecule has 6 nitrogen and oxygen atoms in total. The zero-order chi connectivity index (χ0) is 18.2. The molecule has 6 heteroatoms. The first kappa shape index (κ1) is 18.9. The molecule has 2 aliphatic heterocycles. The average molecular weight is 359 g/mol. The molecule has 0 saturated carbocycles. The van der Waals surface area contributed by atoms with E-state index in [1.165, 1.54) is 5.56 Å². The fourth-order valence-electron chi connectivity index (χ4n) is 3.59. The lowest BCUT2D eigenvalue weighted by atomic mass is 10.1. The van der Waals surface area contributed by atoms with Crippen molar-refractivity contribution in [2.75, 3.05) is 52.5 Å². The highest BCUT2D eigenvalue weighted by Crippen LogP contribution is 2.18. The summed E-state index contributed by atoms with van der Waals surface area (Å²) in [4.78, 5) is 28.7. The van der Waals surface area contributed by atoms with Crippen molar-refractivity contribution in [3.8, 4) is 0 Å². The predicted molar refractivity (Wildman–Crippen MR) is 99.7 cm³/mol. The van der Waals surface area contributed by atoms with Crippen molar-refractivity contribution in [1.82, 2.24) is 15.1 Å². The smallest absolute Gasteiger partial charge is 0.225 e. The Hall–Kier alpha value is -1.92. The van der Waals surface area contributed by atoms with Gasteiger partial charge in [-0.05, 0) is 18.4 Å². The van der Waals surface area contributed by atoms with Crippen LogP contribution in [0.3, 0.4) is 0 Å². The van der Waals surface area contributed by atoms with Crippen molar-refractivity contribution >= 4 is 11.8 Å². The van der Waals surface area contributed by atoms with Crippen LogP contribution in [-0.2, 0) is 20.7 Å². The second-order valence-corrected chi connectivity index (χ2v) is 7.07. The van der Waals surface area contributed by atoms with Gasteiger partial charge < -0.3 is 15.0 Å².